The summed E-state index contributed by atoms with van der Waals surface area (Å²) in [6, 6.07) is 6.77. The van der Waals surface area contributed by atoms with E-state index in [1.165, 1.54) is 0 Å². The normalized spacial score (nSPS) is 18.4. The van der Waals surface area contributed by atoms with Gasteiger partial charge in [0.15, 0.2) is 5.78 Å². The van der Waals surface area contributed by atoms with E-state index in [0.717, 1.165) is 18.6 Å². The molecule has 1 saturated heterocycles. The highest BCUT2D eigenvalue weighted by molar-refractivity contribution is 6.02. The summed E-state index contributed by atoms with van der Waals surface area (Å²) < 4.78 is 5.08. The van der Waals surface area contributed by atoms with Crippen molar-refractivity contribution >= 4 is 11.7 Å². The number of hydrogen-bond donors (Lipinski definition) is 0. The smallest absolute Gasteiger partial charge is 0.222 e. The summed E-state index contributed by atoms with van der Waals surface area (Å²) in [5.74, 6) is 0.816. The van der Waals surface area contributed by atoms with E-state index in [2.05, 4.69) is 0 Å². The molecule has 0 aliphatic carbocycles. The molecule has 1 unspecified atom stereocenters. The van der Waals surface area contributed by atoms with E-state index in [0.29, 0.717) is 18.5 Å². The van der Waals surface area contributed by atoms with Crippen molar-refractivity contribution in [3.63, 3.8) is 0 Å². The van der Waals surface area contributed by atoms with Crippen LogP contribution in [-0.2, 0) is 4.79 Å². The highest BCUT2D eigenvalue weighted by Crippen LogP contribution is 2.23. The van der Waals surface area contributed by atoms with Gasteiger partial charge >= 0.3 is 0 Å². The van der Waals surface area contributed by atoms with Gasteiger partial charge in [0.05, 0.1) is 13.2 Å². The number of nitrogens with zero attached hydrogens (tertiary/aromatic N) is 1. The van der Waals surface area contributed by atoms with Crippen LogP contribution in [-0.4, -0.2) is 36.3 Å². The number of ketones is 1. The predicted molar refractivity (Wildman–Crippen MR) is 72.4 cm³/mol. The molecule has 1 aromatic rings. The molecular formula is C15H19NO3. The minimum atomic E-state index is -0.291. The number of hydrogen-bond acceptors (Lipinski definition) is 3. The lowest BCUT2D eigenvalue weighted by molar-refractivity contribution is -0.131. The molecule has 1 atom stereocenters. The number of carbonyl (C=O) groups is 2. The molecule has 102 valence electrons. The van der Waals surface area contributed by atoms with E-state index in [1.807, 2.05) is 6.92 Å². The van der Waals surface area contributed by atoms with Gasteiger partial charge in [-0.05, 0) is 37.1 Å². The zero-order valence-electron chi connectivity index (χ0n) is 11.4. The van der Waals surface area contributed by atoms with Crippen LogP contribution >= 0.6 is 0 Å². The minimum absolute atomic E-state index is 0.0296. The predicted octanol–water partition coefficient (Wildman–Crippen LogP) is 2.28. The topological polar surface area (TPSA) is 46.6 Å². The number of likely N-dealkylation sites (tertiary alicyclic amines) is 1. The first-order chi connectivity index (χ1) is 9.17. The van der Waals surface area contributed by atoms with Crippen LogP contribution in [0.25, 0.3) is 0 Å². The number of ether oxygens (including phenoxy) is 1. The van der Waals surface area contributed by atoms with Crippen molar-refractivity contribution in [2.45, 2.75) is 32.2 Å². The number of benzene rings is 1. The molecule has 4 heteroatoms. The zero-order valence-corrected chi connectivity index (χ0v) is 11.4. The van der Waals surface area contributed by atoms with Crippen molar-refractivity contribution in [3.8, 4) is 5.75 Å². The van der Waals surface area contributed by atoms with E-state index in [4.69, 9.17) is 4.74 Å². The van der Waals surface area contributed by atoms with Crippen molar-refractivity contribution in [3.05, 3.63) is 29.8 Å². The van der Waals surface area contributed by atoms with E-state index in [9.17, 15) is 9.59 Å². The molecule has 1 heterocycles. The number of rotatable bonds is 4. The van der Waals surface area contributed by atoms with Crippen molar-refractivity contribution in [1.29, 1.82) is 0 Å². The molecule has 2 rings (SSSR count). The third-order valence-corrected chi connectivity index (χ3v) is 3.55. The third-order valence-electron chi connectivity index (χ3n) is 3.55. The molecule has 0 bridgehead atoms. The van der Waals surface area contributed by atoms with Crippen molar-refractivity contribution in [2.75, 3.05) is 13.7 Å². The highest BCUT2D eigenvalue weighted by Gasteiger charge is 2.33. The van der Waals surface area contributed by atoms with Crippen LogP contribution in [0.5, 0.6) is 5.75 Å². The number of amides is 1. The summed E-state index contributed by atoms with van der Waals surface area (Å²) in [4.78, 5) is 26.0. The van der Waals surface area contributed by atoms with Crippen molar-refractivity contribution in [2.24, 2.45) is 0 Å². The lowest BCUT2D eigenvalue weighted by Crippen LogP contribution is -2.40. The lowest BCUT2D eigenvalue weighted by atomic mass is 10.0. The van der Waals surface area contributed by atoms with Gasteiger partial charge in [-0.15, -0.1) is 0 Å². The number of Topliss-reactive ketones (excluding diaryl/α,β-unsaturated/α-hetero) is 1. The maximum absolute atomic E-state index is 12.4. The molecule has 19 heavy (non-hydrogen) atoms. The first kappa shape index (κ1) is 13.6. The Bertz CT molecular complexity index is 467. The van der Waals surface area contributed by atoms with Crippen LogP contribution in [0.1, 0.15) is 36.5 Å². The zero-order chi connectivity index (χ0) is 13.8. The fraction of sp³-hybridized carbons (Fsp3) is 0.467. The molecule has 0 radical (unpaired) electrons. The quantitative estimate of drug-likeness (QED) is 0.781. The van der Waals surface area contributed by atoms with Crippen LogP contribution < -0.4 is 4.74 Å². The molecule has 1 aliphatic rings. The van der Waals surface area contributed by atoms with Crippen molar-refractivity contribution < 1.29 is 14.3 Å². The Morgan fingerprint density at radius 1 is 1.32 bits per heavy atom. The summed E-state index contributed by atoms with van der Waals surface area (Å²) in [5.41, 5.74) is 0.640. The monoisotopic (exact) mass is 261 g/mol. The van der Waals surface area contributed by atoms with Gasteiger partial charge in [0, 0.05) is 18.5 Å². The van der Waals surface area contributed by atoms with Gasteiger partial charge in [-0.1, -0.05) is 6.92 Å². The van der Waals surface area contributed by atoms with Crippen LogP contribution in [0.3, 0.4) is 0 Å². The highest BCUT2D eigenvalue weighted by atomic mass is 16.5. The maximum Gasteiger partial charge on any atom is 0.222 e. The molecule has 1 amide bonds. The van der Waals surface area contributed by atoms with E-state index < -0.39 is 0 Å². The Balaban J connectivity index is 2.15. The second-order valence-electron chi connectivity index (χ2n) is 4.69. The van der Waals surface area contributed by atoms with E-state index in [-0.39, 0.29) is 17.7 Å². The fourth-order valence-electron chi connectivity index (χ4n) is 2.49. The molecule has 0 N–H and O–H groups in total. The van der Waals surface area contributed by atoms with Gasteiger partial charge in [0.25, 0.3) is 0 Å². The van der Waals surface area contributed by atoms with Gasteiger partial charge in [-0.3, -0.25) is 9.59 Å². The molecule has 1 aliphatic heterocycles. The molecule has 1 fully saturated rings. The first-order valence-electron chi connectivity index (χ1n) is 6.65. The molecule has 4 nitrogen and oxygen atoms in total. The number of carbonyl (C=O) groups excluding carboxylic acids is 2. The summed E-state index contributed by atoms with van der Waals surface area (Å²) in [5, 5.41) is 0. The fourth-order valence-corrected chi connectivity index (χ4v) is 2.49. The molecule has 0 aromatic heterocycles. The average Bonchev–Trinajstić information content (AvgIpc) is 2.95. The second-order valence-corrected chi connectivity index (χ2v) is 4.69. The van der Waals surface area contributed by atoms with Gasteiger partial charge in [-0.2, -0.15) is 0 Å². The molecule has 0 spiro atoms. The molecular weight excluding hydrogens is 242 g/mol. The summed E-state index contributed by atoms with van der Waals surface area (Å²) in [6.45, 7) is 2.52. The molecule has 1 aromatic carbocycles. The third kappa shape index (κ3) is 2.78. The van der Waals surface area contributed by atoms with Gasteiger partial charge in [-0.25, -0.2) is 0 Å². The summed E-state index contributed by atoms with van der Waals surface area (Å²) in [6.07, 6.45) is 2.11. The Hall–Kier alpha value is -1.84. The summed E-state index contributed by atoms with van der Waals surface area (Å²) in [7, 11) is 1.59. The number of methoxy groups -OCH3 is 1. The van der Waals surface area contributed by atoms with Gasteiger partial charge < -0.3 is 9.64 Å². The Kier molecular flexibility index (Phi) is 4.20. The maximum atomic E-state index is 12.4. The SMILES string of the molecule is CCC(=O)N1CCCC1C(=O)c1ccc(OC)cc1. The van der Waals surface area contributed by atoms with Crippen LogP contribution in [0.2, 0.25) is 0 Å². The summed E-state index contributed by atoms with van der Waals surface area (Å²) >= 11 is 0. The van der Waals surface area contributed by atoms with Crippen LogP contribution in [0, 0.1) is 0 Å². The van der Waals surface area contributed by atoms with Gasteiger partial charge in [0.2, 0.25) is 5.91 Å². The van der Waals surface area contributed by atoms with E-state index >= 15 is 0 Å². The van der Waals surface area contributed by atoms with Crippen LogP contribution in [0.15, 0.2) is 24.3 Å². The Morgan fingerprint density at radius 2 is 2.00 bits per heavy atom. The largest absolute Gasteiger partial charge is 0.497 e. The first-order valence-corrected chi connectivity index (χ1v) is 6.65. The minimum Gasteiger partial charge on any atom is -0.497 e. The van der Waals surface area contributed by atoms with Crippen molar-refractivity contribution in [1.82, 2.24) is 4.90 Å². The Morgan fingerprint density at radius 3 is 2.58 bits per heavy atom. The molecule has 0 saturated carbocycles. The lowest BCUT2D eigenvalue weighted by Gasteiger charge is -2.23. The van der Waals surface area contributed by atoms with Gasteiger partial charge in [0.1, 0.15) is 5.75 Å². The van der Waals surface area contributed by atoms with E-state index in [1.54, 1.807) is 36.3 Å². The van der Waals surface area contributed by atoms with Crippen LogP contribution in [0.4, 0.5) is 0 Å². The Labute approximate surface area is 113 Å². The average molecular weight is 261 g/mol. The second kappa shape index (κ2) is 5.87. The standard InChI is InChI=1S/C15H19NO3/c1-3-14(17)16-10-4-5-13(16)15(18)11-6-8-12(19-2)9-7-11/h6-9,13H,3-5,10H2,1-2H3.